The lowest BCUT2D eigenvalue weighted by Gasteiger charge is -2.21. The van der Waals surface area contributed by atoms with Crippen molar-refractivity contribution in [2.45, 2.75) is 13.0 Å². The summed E-state index contributed by atoms with van der Waals surface area (Å²) in [4.78, 5) is 36.1. The Morgan fingerprint density at radius 1 is 1.00 bits per heavy atom. The van der Waals surface area contributed by atoms with Gasteiger partial charge in [-0.15, -0.1) is 5.10 Å². The van der Waals surface area contributed by atoms with E-state index < -0.39 is 11.9 Å². The quantitative estimate of drug-likeness (QED) is 0.366. The Hall–Kier alpha value is -5.31. The van der Waals surface area contributed by atoms with Crippen LogP contribution in [0.5, 0.6) is 0 Å². The number of nitrogen functional groups attached to an aromatic ring is 1. The van der Waals surface area contributed by atoms with Gasteiger partial charge >= 0.3 is 0 Å². The second kappa shape index (κ2) is 9.29. The lowest BCUT2D eigenvalue weighted by Crippen LogP contribution is -2.32. The average molecular weight is 502 g/mol. The molecule has 0 saturated heterocycles. The zero-order valence-corrected chi connectivity index (χ0v) is 20.4. The summed E-state index contributed by atoms with van der Waals surface area (Å²) in [6.07, 6.45) is 6.69. The van der Waals surface area contributed by atoms with Crippen molar-refractivity contribution in [2.24, 2.45) is 0 Å². The van der Waals surface area contributed by atoms with Crippen LogP contribution < -0.4 is 16.6 Å². The molecule has 2 aromatic carbocycles. The first-order chi connectivity index (χ1) is 18.5. The highest BCUT2D eigenvalue weighted by Crippen LogP contribution is 2.29. The van der Waals surface area contributed by atoms with E-state index in [1.807, 2.05) is 73.7 Å². The fourth-order valence-electron chi connectivity index (χ4n) is 4.77. The summed E-state index contributed by atoms with van der Waals surface area (Å²) >= 11 is 0. The number of pyridine rings is 2. The summed E-state index contributed by atoms with van der Waals surface area (Å²) in [7, 11) is 0. The highest BCUT2D eigenvalue weighted by atomic mass is 16.2. The van der Waals surface area contributed by atoms with Gasteiger partial charge in [-0.2, -0.15) is 0 Å². The Labute approximate surface area is 217 Å². The van der Waals surface area contributed by atoms with Crippen LogP contribution in [0.4, 0.5) is 5.82 Å². The van der Waals surface area contributed by atoms with Crippen LogP contribution >= 0.6 is 0 Å². The molecule has 0 bridgehead atoms. The summed E-state index contributed by atoms with van der Waals surface area (Å²) in [5.74, 6) is -0.353. The molecule has 1 unspecified atom stereocenters. The van der Waals surface area contributed by atoms with E-state index in [0.29, 0.717) is 22.4 Å². The predicted octanol–water partition coefficient (Wildman–Crippen LogP) is 4.17. The largest absolute Gasteiger partial charge is 0.381 e. The summed E-state index contributed by atoms with van der Waals surface area (Å²) < 4.78 is 3.11. The Bertz CT molecular complexity index is 1860. The number of rotatable bonds is 5. The van der Waals surface area contributed by atoms with E-state index in [9.17, 15) is 9.59 Å². The first-order valence-corrected chi connectivity index (χ1v) is 12.1. The number of benzene rings is 2. The predicted molar refractivity (Wildman–Crippen MR) is 146 cm³/mol. The normalized spacial score (nSPS) is 12.0. The molecule has 0 spiro atoms. The van der Waals surface area contributed by atoms with Gasteiger partial charge in [-0.1, -0.05) is 42.5 Å². The zero-order valence-electron chi connectivity index (χ0n) is 20.4. The molecule has 186 valence electrons. The molecule has 38 heavy (non-hydrogen) atoms. The van der Waals surface area contributed by atoms with Crippen molar-refractivity contribution >= 4 is 28.1 Å². The zero-order chi connectivity index (χ0) is 26.2. The Balaban J connectivity index is 1.51. The van der Waals surface area contributed by atoms with Crippen molar-refractivity contribution < 1.29 is 4.79 Å². The van der Waals surface area contributed by atoms with E-state index >= 15 is 0 Å². The number of carbonyl (C=O) groups excluding carboxylic acids is 1. The Kier molecular flexibility index (Phi) is 5.65. The minimum absolute atomic E-state index is 0.0773. The van der Waals surface area contributed by atoms with Crippen LogP contribution in [0.3, 0.4) is 0 Å². The molecule has 3 N–H and O–H groups in total. The Morgan fingerprint density at radius 3 is 2.63 bits per heavy atom. The highest BCUT2D eigenvalue weighted by molar-refractivity contribution is 6.04. The molecule has 0 radical (unpaired) electrons. The number of hydrogen-bond donors (Lipinski definition) is 2. The van der Waals surface area contributed by atoms with Gasteiger partial charge in [0.25, 0.3) is 11.5 Å². The number of nitrogens with zero attached hydrogens (tertiary/aromatic N) is 5. The van der Waals surface area contributed by atoms with E-state index in [1.54, 1.807) is 35.4 Å². The highest BCUT2D eigenvalue weighted by Gasteiger charge is 2.24. The summed E-state index contributed by atoms with van der Waals surface area (Å²) in [6.45, 7) is 1.83. The molecular weight excluding hydrogens is 478 g/mol. The first-order valence-electron chi connectivity index (χ1n) is 12.1. The SMILES string of the molecule is CC(NC(=O)c1c(N)nn2cccnc12)c1cc2cccc(-c3cccnc3)c2c(=O)n1-c1ccccc1. The number of amides is 1. The molecule has 9 nitrogen and oxygen atoms in total. The minimum Gasteiger partial charge on any atom is -0.381 e. The van der Waals surface area contributed by atoms with Gasteiger partial charge < -0.3 is 11.1 Å². The molecular formula is C29H23N7O2. The second-order valence-corrected chi connectivity index (χ2v) is 8.90. The molecule has 1 atom stereocenters. The third-order valence-corrected chi connectivity index (χ3v) is 6.50. The number of para-hydroxylation sites is 1. The van der Waals surface area contributed by atoms with Crippen LogP contribution in [0.25, 0.3) is 33.2 Å². The van der Waals surface area contributed by atoms with Gasteiger partial charge in [0.1, 0.15) is 5.56 Å². The van der Waals surface area contributed by atoms with Gasteiger partial charge in [0.15, 0.2) is 11.5 Å². The number of nitrogens with one attached hydrogen (secondary N) is 1. The lowest BCUT2D eigenvalue weighted by atomic mass is 9.99. The van der Waals surface area contributed by atoms with E-state index in [4.69, 9.17) is 5.73 Å². The van der Waals surface area contributed by atoms with Crippen molar-refractivity contribution in [2.75, 3.05) is 5.73 Å². The molecule has 4 heterocycles. The molecule has 0 aliphatic rings. The molecule has 0 aliphatic carbocycles. The summed E-state index contributed by atoms with van der Waals surface area (Å²) in [6, 6.07) is 22.0. The molecule has 9 heteroatoms. The maximum atomic E-state index is 14.2. The second-order valence-electron chi connectivity index (χ2n) is 8.90. The van der Waals surface area contributed by atoms with Crippen LogP contribution in [-0.2, 0) is 0 Å². The minimum atomic E-state index is -0.556. The lowest BCUT2D eigenvalue weighted by molar-refractivity contribution is 0.0941. The molecule has 4 aromatic heterocycles. The van der Waals surface area contributed by atoms with Gasteiger partial charge in [-0.05, 0) is 48.2 Å². The fraction of sp³-hybridized carbons (Fsp3) is 0.0690. The van der Waals surface area contributed by atoms with Crippen molar-refractivity contribution in [1.82, 2.24) is 29.5 Å². The van der Waals surface area contributed by atoms with Crippen LogP contribution in [0.15, 0.2) is 102 Å². The first kappa shape index (κ1) is 23.1. The Morgan fingerprint density at radius 2 is 1.84 bits per heavy atom. The van der Waals surface area contributed by atoms with E-state index in [-0.39, 0.29) is 16.9 Å². The van der Waals surface area contributed by atoms with E-state index in [1.165, 1.54) is 4.52 Å². The average Bonchev–Trinajstić information content (AvgIpc) is 3.29. The van der Waals surface area contributed by atoms with Gasteiger partial charge in [0.2, 0.25) is 0 Å². The summed E-state index contributed by atoms with van der Waals surface area (Å²) in [5.41, 5.74) is 9.36. The molecule has 0 fully saturated rings. The number of fused-ring (bicyclic) bond motifs is 2. The fourth-order valence-corrected chi connectivity index (χ4v) is 4.77. The van der Waals surface area contributed by atoms with Crippen LogP contribution in [-0.4, -0.2) is 30.1 Å². The third kappa shape index (κ3) is 3.86. The maximum absolute atomic E-state index is 14.2. The molecule has 1 amide bonds. The standard InChI is InChI=1S/C29H23N7O2/c1-18(33-28(37)25-26(30)34-35-15-7-14-32-27(25)35)23-16-19-8-5-12-22(20-9-6-13-31-17-20)24(19)29(38)36(23)21-10-3-2-4-11-21/h2-18H,1H3,(H2,30,34)(H,33,37). The van der Waals surface area contributed by atoms with Crippen LogP contribution in [0, 0.1) is 0 Å². The smallest absolute Gasteiger partial charge is 0.263 e. The van der Waals surface area contributed by atoms with Crippen LogP contribution in [0.2, 0.25) is 0 Å². The molecule has 0 saturated carbocycles. The molecule has 6 aromatic rings. The van der Waals surface area contributed by atoms with Crippen molar-refractivity contribution in [1.29, 1.82) is 0 Å². The number of hydrogen-bond acceptors (Lipinski definition) is 6. The van der Waals surface area contributed by atoms with Gasteiger partial charge in [0, 0.05) is 41.7 Å². The summed E-state index contributed by atoms with van der Waals surface area (Å²) in [5, 5.41) is 8.51. The van der Waals surface area contributed by atoms with Crippen molar-refractivity contribution in [3.63, 3.8) is 0 Å². The number of aromatic nitrogens is 5. The maximum Gasteiger partial charge on any atom is 0.263 e. The topological polar surface area (TPSA) is 120 Å². The monoisotopic (exact) mass is 501 g/mol. The van der Waals surface area contributed by atoms with Gasteiger partial charge in [-0.3, -0.25) is 19.1 Å². The van der Waals surface area contributed by atoms with Gasteiger partial charge in [0.05, 0.1) is 11.4 Å². The number of carbonyl (C=O) groups is 1. The van der Waals surface area contributed by atoms with Crippen molar-refractivity contribution in [3.05, 3.63) is 119 Å². The number of nitrogens with two attached hydrogens (primary N) is 1. The number of anilines is 1. The van der Waals surface area contributed by atoms with Crippen LogP contribution in [0.1, 0.15) is 29.0 Å². The molecule has 0 aliphatic heterocycles. The van der Waals surface area contributed by atoms with E-state index in [2.05, 4.69) is 20.4 Å². The van der Waals surface area contributed by atoms with Crippen molar-refractivity contribution in [3.8, 4) is 16.8 Å². The molecule has 6 rings (SSSR count). The van der Waals surface area contributed by atoms with E-state index in [0.717, 1.165) is 16.5 Å². The van der Waals surface area contributed by atoms with Gasteiger partial charge in [-0.25, -0.2) is 9.50 Å². The third-order valence-electron chi connectivity index (χ3n) is 6.50.